The predicted octanol–water partition coefficient (Wildman–Crippen LogP) is 1.10. The molecular weight excluding hydrogens is 292 g/mol. The zero-order valence-corrected chi connectivity index (χ0v) is 12.8. The van der Waals surface area contributed by atoms with Crippen LogP contribution < -0.4 is 0 Å². The van der Waals surface area contributed by atoms with Crippen molar-refractivity contribution in [3.05, 3.63) is 12.2 Å². The highest BCUT2D eigenvalue weighted by atomic mass is 16.5. The van der Waals surface area contributed by atoms with E-state index in [1.165, 1.54) is 6.92 Å². The van der Waals surface area contributed by atoms with Gasteiger partial charge in [-0.05, 0) is 47.3 Å². The highest BCUT2D eigenvalue weighted by Gasteiger charge is 2.85. The van der Waals surface area contributed by atoms with E-state index in [1.807, 2.05) is 0 Å². The maximum absolute atomic E-state index is 13.2. The average Bonchev–Trinajstić information content (AvgIpc) is 3.20. The average molecular weight is 310 g/mol. The van der Waals surface area contributed by atoms with Crippen LogP contribution in [0, 0.1) is 71.0 Å². The van der Waals surface area contributed by atoms with Crippen molar-refractivity contribution >= 4 is 17.5 Å². The van der Waals surface area contributed by atoms with Crippen molar-refractivity contribution in [2.24, 2.45) is 71.0 Å². The van der Waals surface area contributed by atoms with Crippen LogP contribution in [0.5, 0.6) is 0 Å². The van der Waals surface area contributed by atoms with Gasteiger partial charge in [0.05, 0.1) is 11.8 Å². The first-order chi connectivity index (χ1) is 11.1. The van der Waals surface area contributed by atoms with Crippen LogP contribution in [-0.4, -0.2) is 23.6 Å². The minimum Gasteiger partial charge on any atom is -0.461 e. The molecule has 118 valence electrons. The third-order valence-corrected chi connectivity index (χ3v) is 8.92. The van der Waals surface area contributed by atoms with Crippen LogP contribution in [0.25, 0.3) is 0 Å². The van der Waals surface area contributed by atoms with Crippen molar-refractivity contribution < 1.29 is 19.1 Å². The number of hydrogen-bond acceptors (Lipinski definition) is 4. The molecule has 0 aromatic rings. The van der Waals surface area contributed by atoms with Crippen LogP contribution in [0.1, 0.15) is 6.92 Å². The number of hydrogen-bond donors (Lipinski definition) is 0. The van der Waals surface area contributed by atoms with Crippen molar-refractivity contribution in [3.63, 3.8) is 0 Å². The van der Waals surface area contributed by atoms with Gasteiger partial charge in [-0.15, -0.1) is 0 Å². The van der Waals surface area contributed by atoms with E-state index in [4.69, 9.17) is 4.74 Å². The van der Waals surface area contributed by atoms with Crippen molar-refractivity contribution in [1.82, 2.24) is 0 Å². The van der Waals surface area contributed by atoms with E-state index >= 15 is 0 Å². The fourth-order valence-corrected chi connectivity index (χ4v) is 9.13. The molecule has 0 spiro atoms. The number of Topliss-reactive ketones (excluding diaryl/α,β-unsaturated/α-hetero) is 2. The molecular formula is C19H18O4. The monoisotopic (exact) mass is 310 g/mol. The summed E-state index contributed by atoms with van der Waals surface area (Å²) in [5.74, 6) is 3.70. The molecule has 7 aliphatic rings. The van der Waals surface area contributed by atoms with E-state index in [-0.39, 0.29) is 29.6 Å². The smallest absolute Gasteiger partial charge is 0.302 e. The van der Waals surface area contributed by atoms with E-state index in [0.717, 1.165) is 0 Å². The molecule has 7 aliphatic carbocycles. The number of carbonyl (C=O) groups excluding carboxylic acids is 3. The van der Waals surface area contributed by atoms with E-state index < -0.39 is 6.10 Å². The van der Waals surface area contributed by atoms with Crippen molar-refractivity contribution in [3.8, 4) is 0 Å². The van der Waals surface area contributed by atoms with E-state index in [1.54, 1.807) is 0 Å². The highest BCUT2D eigenvalue weighted by Crippen LogP contribution is 2.82. The van der Waals surface area contributed by atoms with Crippen molar-refractivity contribution in [1.29, 1.82) is 0 Å². The van der Waals surface area contributed by atoms with Gasteiger partial charge in [-0.1, -0.05) is 12.2 Å². The molecule has 0 aromatic carbocycles. The fourth-order valence-electron chi connectivity index (χ4n) is 9.13. The van der Waals surface area contributed by atoms with Gasteiger partial charge in [0.2, 0.25) is 0 Å². The number of allylic oxidation sites excluding steroid dienone is 2. The lowest BCUT2D eigenvalue weighted by Crippen LogP contribution is -2.39. The molecule has 0 heterocycles. The minimum atomic E-state index is -0.461. The number of esters is 1. The lowest BCUT2D eigenvalue weighted by atomic mass is 9.78. The summed E-state index contributed by atoms with van der Waals surface area (Å²) in [6, 6.07) is 0. The first kappa shape index (κ1) is 12.0. The summed E-state index contributed by atoms with van der Waals surface area (Å²) in [6.45, 7) is 1.40. The summed E-state index contributed by atoms with van der Waals surface area (Å²) in [7, 11) is 0. The summed E-state index contributed by atoms with van der Waals surface area (Å²) >= 11 is 0. The third kappa shape index (κ3) is 0.923. The standard InChI is InChI=1S/C19H18O4/c1-4(20)23-19-15-13-11-8(17(15)21)5-2-3-6-7(5)10(11)12-9(6)18(22)16(19)14(12)13/h2-3,5-16,19H,1H3/t5-,6-,7?,8-,9+,10?,11-,12-,13-,14-,15-,16+,19?/m0/s1. The summed E-state index contributed by atoms with van der Waals surface area (Å²) in [4.78, 5) is 38.1. The quantitative estimate of drug-likeness (QED) is 0.537. The molecule has 4 heteroatoms. The minimum absolute atomic E-state index is 0.155. The maximum Gasteiger partial charge on any atom is 0.302 e. The van der Waals surface area contributed by atoms with Crippen LogP contribution in [0.4, 0.5) is 0 Å². The molecule has 0 aromatic heterocycles. The van der Waals surface area contributed by atoms with E-state index in [9.17, 15) is 14.4 Å². The summed E-state index contributed by atoms with van der Waals surface area (Å²) in [5, 5.41) is 0. The van der Waals surface area contributed by atoms with Crippen LogP contribution in [0.2, 0.25) is 0 Å². The molecule has 13 atom stereocenters. The van der Waals surface area contributed by atoms with Crippen LogP contribution in [-0.2, 0) is 19.1 Å². The molecule has 6 saturated carbocycles. The predicted molar refractivity (Wildman–Crippen MR) is 76.6 cm³/mol. The zero-order valence-electron chi connectivity index (χ0n) is 12.8. The molecule has 0 N–H and O–H groups in total. The Balaban J connectivity index is 1.50. The molecule has 0 saturated heterocycles. The van der Waals surface area contributed by atoms with Gasteiger partial charge in [-0.25, -0.2) is 0 Å². The van der Waals surface area contributed by atoms with Gasteiger partial charge >= 0.3 is 5.97 Å². The topological polar surface area (TPSA) is 60.4 Å². The molecule has 0 aliphatic heterocycles. The molecule has 4 nitrogen and oxygen atoms in total. The second-order valence-electron chi connectivity index (χ2n) is 8.99. The maximum atomic E-state index is 13.2. The van der Waals surface area contributed by atoms with Gasteiger partial charge in [0, 0.05) is 18.8 Å². The largest absolute Gasteiger partial charge is 0.461 e. The molecule has 0 radical (unpaired) electrons. The first-order valence-electron chi connectivity index (χ1n) is 9.04. The Hall–Kier alpha value is -1.45. The highest BCUT2D eigenvalue weighted by molar-refractivity contribution is 5.96. The second-order valence-corrected chi connectivity index (χ2v) is 8.99. The zero-order chi connectivity index (χ0) is 15.4. The van der Waals surface area contributed by atoms with Gasteiger partial charge in [-0.3, -0.25) is 14.4 Å². The Labute approximate surface area is 133 Å². The van der Waals surface area contributed by atoms with Crippen molar-refractivity contribution in [2.75, 3.05) is 0 Å². The molecule has 6 fully saturated rings. The first-order valence-corrected chi connectivity index (χ1v) is 9.04. The Morgan fingerprint density at radius 2 is 1.26 bits per heavy atom. The van der Waals surface area contributed by atoms with Crippen LogP contribution in [0.3, 0.4) is 0 Å². The fraction of sp³-hybridized carbons (Fsp3) is 0.737. The van der Waals surface area contributed by atoms with Gasteiger partial charge < -0.3 is 4.74 Å². The summed E-state index contributed by atoms with van der Waals surface area (Å²) < 4.78 is 5.61. The van der Waals surface area contributed by atoms with E-state index in [2.05, 4.69) is 12.2 Å². The van der Waals surface area contributed by atoms with E-state index in [0.29, 0.717) is 58.9 Å². The number of ether oxygens (including phenoxy) is 1. The summed E-state index contributed by atoms with van der Waals surface area (Å²) in [6.07, 6.45) is 4.05. The van der Waals surface area contributed by atoms with Crippen LogP contribution >= 0.6 is 0 Å². The molecule has 7 rings (SSSR count). The lowest BCUT2D eigenvalue weighted by Gasteiger charge is -2.28. The Kier molecular flexibility index (Phi) is 1.67. The normalized spacial score (nSPS) is 67.1. The Bertz CT molecular complexity index is 700. The lowest BCUT2D eigenvalue weighted by molar-refractivity contribution is -0.154. The number of rotatable bonds is 1. The SMILES string of the molecule is CC(=O)OC1[C@H]2C(=O)[C@H]3[C@H]4C5C6[C@H](C=C[C@@H]63)[C@@H]3C(=O)[C@@H]1[C@@H]([C@H]53)[C@H]42. The van der Waals surface area contributed by atoms with Gasteiger partial charge in [0.1, 0.15) is 17.7 Å². The molecule has 0 amide bonds. The molecule has 0 bridgehead atoms. The second kappa shape index (κ2) is 3.20. The number of fused-ring (bicyclic) bond motifs is 2. The van der Waals surface area contributed by atoms with Crippen LogP contribution in [0.15, 0.2) is 12.2 Å². The van der Waals surface area contributed by atoms with Gasteiger partial charge in [0.15, 0.2) is 0 Å². The Morgan fingerprint density at radius 3 is 1.74 bits per heavy atom. The third-order valence-electron chi connectivity index (χ3n) is 8.92. The van der Waals surface area contributed by atoms with Gasteiger partial charge in [0.25, 0.3) is 0 Å². The number of ketones is 2. The number of carbonyl (C=O) groups is 3. The van der Waals surface area contributed by atoms with Gasteiger partial charge in [-0.2, -0.15) is 0 Å². The molecule has 3 unspecified atom stereocenters. The van der Waals surface area contributed by atoms with Crippen molar-refractivity contribution in [2.45, 2.75) is 13.0 Å². The Morgan fingerprint density at radius 1 is 0.783 bits per heavy atom. The summed E-state index contributed by atoms with van der Waals surface area (Å²) in [5.41, 5.74) is 0. The molecule has 23 heavy (non-hydrogen) atoms.